The van der Waals surface area contributed by atoms with Crippen LogP contribution in [0.5, 0.6) is 0 Å². The van der Waals surface area contributed by atoms with E-state index in [0.29, 0.717) is 12.2 Å². The van der Waals surface area contributed by atoms with Gasteiger partial charge in [-0.05, 0) is 31.0 Å². The second-order valence-corrected chi connectivity index (χ2v) is 5.88. The molecular weight excluding hydrogens is 311 g/mol. The van der Waals surface area contributed by atoms with Crippen molar-refractivity contribution in [2.75, 3.05) is 11.4 Å². The van der Waals surface area contributed by atoms with Crippen LogP contribution in [0.25, 0.3) is 11.0 Å². The molecule has 0 radical (unpaired) electrons. The maximum absolute atomic E-state index is 14.4. The molecule has 0 spiro atoms. The summed E-state index contributed by atoms with van der Waals surface area (Å²) >= 11 is 0. The number of halogens is 1. The van der Waals surface area contributed by atoms with E-state index in [0.717, 1.165) is 35.8 Å². The largest absolute Gasteiger partial charge is 0.359 e. The first kappa shape index (κ1) is 14.6. The van der Waals surface area contributed by atoms with Crippen LogP contribution in [0.4, 0.5) is 15.8 Å². The first-order valence-electron chi connectivity index (χ1n) is 7.79. The Labute approximate surface area is 137 Å². The summed E-state index contributed by atoms with van der Waals surface area (Å²) in [5, 5.41) is 10.8. The van der Waals surface area contributed by atoms with Gasteiger partial charge in [0.25, 0.3) is 5.69 Å². The van der Waals surface area contributed by atoms with Crippen molar-refractivity contribution in [1.82, 2.24) is 9.97 Å². The molecule has 122 valence electrons. The van der Waals surface area contributed by atoms with Gasteiger partial charge in [0.1, 0.15) is 5.82 Å². The number of anilines is 1. The molecule has 3 aromatic rings. The van der Waals surface area contributed by atoms with E-state index in [4.69, 9.17) is 0 Å². The summed E-state index contributed by atoms with van der Waals surface area (Å²) in [6.45, 7) is 0.691. The maximum Gasteiger partial charge on any atom is 0.272 e. The molecule has 0 amide bonds. The number of non-ortho nitro benzene ring substituents is 1. The van der Waals surface area contributed by atoms with Crippen LogP contribution in [0.3, 0.4) is 0 Å². The predicted molar refractivity (Wildman–Crippen MR) is 88.5 cm³/mol. The van der Waals surface area contributed by atoms with Crippen LogP contribution in [0.1, 0.15) is 24.7 Å². The quantitative estimate of drug-likeness (QED) is 0.584. The van der Waals surface area contributed by atoms with Gasteiger partial charge in [-0.2, -0.15) is 0 Å². The highest BCUT2D eigenvalue weighted by atomic mass is 19.1. The number of nitrogens with one attached hydrogen (secondary N) is 1. The van der Waals surface area contributed by atoms with Gasteiger partial charge < -0.3 is 9.88 Å². The molecule has 7 heteroatoms. The van der Waals surface area contributed by atoms with Gasteiger partial charge in [0.2, 0.25) is 0 Å². The minimum Gasteiger partial charge on any atom is -0.359 e. The lowest BCUT2D eigenvalue weighted by atomic mass is 10.2. The van der Waals surface area contributed by atoms with Gasteiger partial charge in [0.05, 0.1) is 33.8 Å². The lowest BCUT2D eigenvalue weighted by molar-refractivity contribution is -0.385. The highest BCUT2D eigenvalue weighted by Gasteiger charge is 2.30. The molecule has 0 bridgehead atoms. The molecule has 1 aliphatic rings. The number of nitro groups is 1. The van der Waals surface area contributed by atoms with Crippen LogP contribution in [0.2, 0.25) is 0 Å². The van der Waals surface area contributed by atoms with Gasteiger partial charge in [-0.15, -0.1) is 0 Å². The normalized spacial score (nSPS) is 17.5. The van der Waals surface area contributed by atoms with E-state index in [-0.39, 0.29) is 11.7 Å². The lowest BCUT2D eigenvalue weighted by Crippen LogP contribution is -2.24. The van der Waals surface area contributed by atoms with Gasteiger partial charge in [-0.3, -0.25) is 10.1 Å². The molecule has 0 aliphatic carbocycles. The van der Waals surface area contributed by atoms with E-state index >= 15 is 0 Å². The third kappa shape index (κ3) is 2.38. The summed E-state index contributed by atoms with van der Waals surface area (Å²) in [6.07, 6.45) is 1.77. The van der Waals surface area contributed by atoms with E-state index in [1.54, 1.807) is 0 Å². The number of fused-ring (bicyclic) bond motifs is 1. The van der Waals surface area contributed by atoms with Crippen LogP contribution in [-0.4, -0.2) is 21.4 Å². The predicted octanol–water partition coefficient (Wildman–Crippen LogP) is 3.95. The van der Waals surface area contributed by atoms with Crippen molar-refractivity contribution in [3.05, 3.63) is 64.2 Å². The molecule has 1 atom stereocenters. The third-order valence-electron chi connectivity index (χ3n) is 4.43. The second-order valence-electron chi connectivity index (χ2n) is 5.88. The molecule has 0 unspecified atom stereocenters. The van der Waals surface area contributed by atoms with Crippen LogP contribution in [0.15, 0.2) is 42.5 Å². The number of rotatable bonds is 3. The Balaban J connectivity index is 1.71. The average molecular weight is 326 g/mol. The van der Waals surface area contributed by atoms with Crippen molar-refractivity contribution >= 4 is 22.4 Å². The number of nitrogens with zero attached hydrogens (tertiary/aromatic N) is 3. The Kier molecular flexibility index (Phi) is 3.41. The van der Waals surface area contributed by atoms with Gasteiger partial charge >= 0.3 is 0 Å². The van der Waals surface area contributed by atoms with E-state index in [2.05, 4.69) is 9.97 Å². The Morgan fingerprint density at radius 2 is 2.12 bits per heavy atom. The fourth-order valence-corrected chi connectivity index (χ4v) is 3.31. The summed E-state index contributed by atoms with van der Waals surface area (Å²) in [6, 6.07) is 11.5. The van der Waals surface area contributed by atoms with E-state index < -0.39 is 10.7 Å². The number of H-pyrrole nitrogens is 1. The zero-order valence-electron chi connectivity index (χ0n) is 12.8. The topological polar surface area (TPSA) is 75.1 Å². The Morgan fingerprint density at radius 1 is 1.29 bits per heavy atom. The molecule has 0 saturated carbocycles. The fraction of sp³-hybridized carbons (Fsp3) is 0.235. The summed E-state index contributed by atoms with van der Waals surface area (Å²) in [7, 11) is 0. The molecule has 2 heterocycles. The highest BCUT2D eigenvalue weighted by molar-refractivity contribution is 5.75. The number of para-hydroxylation sites is 2. The number of hydrogen-bond donors (Lipinski definition) is 1. The van der Waals surface area contributed by atoms with E-state index in [1.165, 1.54) is 12.1 Å². The van der Waals surface area contributed by atoms with Crippen LogP contribution >= 0.6 is 0 Å². The molecule has 1 aromatic heterocycles. The molecule has 6 nitrogen and oxygen atoms in total. The van der Waals surface area contributed by atoms with Gasteiger partial charge in [0, 0.05) is 12.6 Å². The second kappa shape index (κ2) is 5.59. The highest BCUT2D eigenvalue weighted by Crippen LogP contribution is 2.37. The number of hydrogen-bond acceptors (Lipinski definition) is 4. The summed E-state index contributed by atoms with van der Waals surface area (Å²) in [4.78, 5) is 20.0. The fourth-order valence-electron chi connectivity index (χ4n) is 3.31. The number of aromatic amines is 1. The minimum absolute atomic E-state index is 0.0617. The van der Waals surface area contributed by atoms with Gasteiger partial charge in [-0.25, -0.2) is 9.37 Å². The monoisotopic (exact) mass is 326 g/mol. The molecule has 4 rings (SSSR count). The molecular formula is C17H15FN4O2. The van der Waals surface area contributed by atoms with Crippen molar-refractivity contribution in [2.24, 2.45) is 0 Å². The van der Waals surface area contributed by atoms with E-state index in [1.807, 2.05) is 29.2 Å². The number of benzene rings is 2. The molecule has 1 aliphatic heterocycles. The van der Waals surface area contributed by atoms with Crippen LogP contribution in [0, 0.1) is 15.9 Å². The molecule has 1 N–H and O–H groups in total. The van der Waals surface area contributed by atoms with E-state index in [9.17, 15) is 14.5 Å². The first-order chi connectivity index (χ1) is 11.6. The Hall–Kier alpha value is -2.96. The number of nitro benzene ring substituents is 1. The SMILES string of the molecule is O=[N+]([O-])c1ccc(N2CCC[C@H]2c2nc3ccccc3[nH]2)c(F)c1. The zero-order valence-corrected chi connectivity index (χ0v) is 12.8. The van der Waals surface area contributed by atoms with Gasteiger partial charge in [-0.1, -0.05) is 12.1 Å². The standard InChI is InChI=1S/C17H15FN4O2/c18-12-10-11(22(23)24)7-8-15(12)21-9-3-6-16(21)17-19-13-4-1-2-5-14(13)20-17/h1-2,4-5,7-8,10,16H,3,6,9H2,(H,19,20)/t16-/m0/s1. The molecule has 1 fully saturated rings. The summed E-state index contributed by atoms with van der Waals surface area (Å²) in [5.41, 5.74) is 1.96. The summed E-state index contributed by atoms with van der Waals surface area (Å²) in [5.74, 6) is 0.221. The summed E-state index contributed by atoms with van der Waals surface area (Å²) < 4.78 is 14.4. The molecule has 1 saturated heterocycles. The van der Waals surface area contributed by atoms with Crippen molar-refractivity contribution in [3.63, 3.8) is 0 Å². The Bertz CT molecular complexity index is 891. The van der Waals surface area contributed by atoms with Gasteiger partial charge in [0.15, 0.2) is 5.82 Å². The van der Waals surface area contributed by atoms with Crippen LogP contribution < -0.4 is 4.90 Å². The van der Waals surface area contributed by atoms with Crippen molar-refractivity contribution < 1.29 is 9.31 Å². The molecule has 2 aromatic carbocycles. The average Bonchev–Trinajstić information content (AvgIpc) is 3.20. The van der Waals surface area contributed by atoms with Crippen LogP contribution in [-0.2, 0) is 0 Å². The van der Waals surface area contributed by atoms with Crippen molar-refractivity contribution in [1.29, 1.82) is 0 Å². The first-order valence-corrected chi connectivity index (χ1v) is 7.79. The maximum atomic E-state index is 14.4. The number of imidazole rings is 1. The van der Waals surface area contributed by atoms with Crippen molar-refractivity contribution in [2.45, 2.75) is 18.9 Å². The third-order valence-corrected chi connectivity index (χ3v) is 4.43. The Morgan fingerprint density at radius 3 is 2.88 bits per heavy atom. The van der Waals surface area contributed by atoms with Crippen molar-refractivity contribution in [3.8, 4) is 0 Å². The lowest BCUT2D eigenvalue weighted by Gasteiger charge is -2.25. The molecule has 24 heavy (non-hydrogen) atoms. The minimum atomic E-state index is -0.590. The number of aromatic nitrogens is 2. The zero-order chi connectivity index (χ0) is 16.7. The smallest absolute Gasteiger partial charge is 0.272 e.